The molecule has 1 aromatic heterocycles. The average Bonchev–Trinajstić information content (AvgIpc) is 3.72. The number of hydrogen-bond acceptors (Lipinski definition) is 7. The van der Waals surface area contributed by atoms with Crippen molar-refractivity contribution < 1.29 is 22.7 Å². The van der Waals surface area contributed by atoms with Crippen molar-refractivity contribution in [3.8, 4) is 0 Å². The van der Waals surface area contributed by atoms with Crippen molar-refractivity contribution in [3.63, 3.8) is 0 Å². The summed E-state index contributed by atoms with van der Waals surface area (Å²) in [5, 5.41) is 2.27. The summed E-state index contributed by atoms with van der Waals surface area (Å²) in [6.45, 7) is 13.9. The molecular weight excluding hydrogens is 625 g/mol. The molecule has 1 N–H and O–H groups in total. The maximum absolute atomic E-state index is 14.0. The van der Waals surface area contributed by atoms with Gasteiger partial charge in [-0.25, -0.2) is 18.2 Å². The number of aromatic nitrogens is 1. The minimum Gasteiger partial charge on any atom is -0.444 e. The third kappa shape index (κ3) is 10.2. The van der Waals surface area contributed by atoms with Crippen molar-refractivity contribution in [2.75, 3.05) is 22.8 Å². The highest BCUT2D eigenvalue weighted by Gasteiger charge is 2.35. The third-order valence-corrected chi connectivity index (χ3v) is 10.6. The van der Waals surface area contributed by atoms with E-state index in [1.807, 2.05) is 67.6 Å². The number of ether oxygens (including phenoxy) is 1. The fourth-order valence-electron chi connectivity index (χ4n) is 5.45. The normalized spacial score (nSPS) is 17.5. The van der Waals surface area contributed by atoms with E-state index in [9.17, 15) is 18.0 Å². The molecule has 3 atom stereocenters. The number of sulfonamides is 1. The summed E-state index contributed by atoms with van der Waals surface area (Å²) in [4.78, 5) is 33.9. The third-order valence-electron chi connectivity index (χ3n) is 8.46. The molecule has 1 amide bonds. The van der Waals surface area contributed by atoms with Crippen LogP contribution in [0.25, 0.3) is 0 Å². The lowest BCUT2D eigenvalue weighted by Gasteiger charge is -2.30. The molecule has 4 rings (SSSR count). The molecule has 9 nitrogen and oxygen atoms in total. The van der Waals surface area contributed by atoms with Crippen molar-refractivity contribution in [3.05, 3.63) is 102 Å². The molecule has 0 aliphatic heterocycles. The highest BCUT2D eigenvalue weighted by molar-refractivity contribution is 7.93. The smallest absolute Gasteiger partial charge is 0.408 e. The molecule has 0 bridgehead atoms. The van der Waals surface area contributed by atoms with Crippen LogP contribution in [0.5, 0.6) is 0 Å². The molecule has 48 heavy (non-hydrogen) atoms. The molecular formula is C38H50N4O5S. The number of carbonyl (C=O) groups is 2. The second-order valence-corrected chi connectivity index (χ2v) is 16.9. The summed E-state index contributed by atoms with van der Waals surface area (Å²) >= 11 is 0. The molecule has 0 spiro atoms. The number of anilines is 2. The van der Waals surface area contributed by atoms with E-state index in [4.69, 9.17) is 9.72 Å². The van der Waals surface area contributed by atoms with E-state index < -0.39 is 32.5 Å². The number of amides is 1. The van der Waals surface area contributed by atoms with Gasteiger partial charge >= 0.3 is 6.09 Å². The molecule has 2 unspecified atom stereocenters. The monoisotopic (exact) mass is 674 g/mol. The summed E-state index contributed by atoms with van der Waals surface area (Å²) < 4.78 is 33.2. The topological polar surface area (TPSA) is 109 Å². The maximum atomic E-state index is 14.0. The van der Waals surface area contributed by atoms with Gasteiger partial charge in [-0.3, -0.25) is 9.10 Å². The van der Waals surface area contributed by atoms with Crippen LogP contribution in [0.1, 0.15) is 76.4 Å². The molecule has 258 valence electrons. The Morgan fingerprint density at radius 2 is 1.54 bits per heavy atom. The molecule has 3 aromatic rings. The predicted octanol–water partition coefficient (Wildman–Crippen LogP) is 7.18. The van der Waals surface area contributed by atoms with E-state index in [1.165, 1.54) is 19.2 Å². The Balaban J connectivity index is 1.75. The van der Waals surface area contributed by atoms with E-state index in [-0.39, 0.29) is 11.6 Å². The van der Waals surface area contributed by atoms with Gasteiger partial charge in [0.05, 0.1) is 10.8 Å². The lowest BCUT2D eigenvalue weighted by molar-refractivity contribution is 0.0483. The van der Waals surface area contributed by atoms with E-state index in [1.54, 1.807) is 46.8 Å². The van der Waals surface area contributed by atoms with E-state index in [2.05, 4.69) is 17.1 Å². The van der Waals surface area contributed by atoms with Crippen LogP contribution < -0.4 is 14.5 Å². The molecule has 0 saturated heterocycles. The van der Waals surface area contributed by atoms with E-state index in [0.29, 0.717) is 36.2 Å². The number of rotatable bonds is 14. The Bertz CT molecular complexity index is 1700. The molecule has 1 fully saturated rings. The van der Waals surface area contributed by atoms with Crippen molar-refractivity contribution in [1.29, 1.82) is 0 Å². The first kappa shape index (κ1) is 36.7. The number of nitrogens with zero attached hydrogens (tertiary/aromatic N) is 3. The zero-order valence-electron chi connectivity index (χ0n) is 29.4. The van der Waals surface area contributed by atoms with Crippen molar-refractivity contribution >= 4 is 33.5 Å². The van der Waals surface area contributed by atoms with Gasteiger partial charge in [0.25, 0.3) is 0 Å². The number of ketones is 1. The second-order valence-electron chi connectivity index (χ2n) is 14.4. The van der Waals surface area contributed by atoms with Gasteiger partial charge in [-0.05, 0) is 95.6 Å². The Kier molecular flexibility index (Phi) is 11.4. The summed E-state index contributed by atoms with van der Waals surface area (Å²) in [7, 11) is -2.26. The van der Waals surface area contributed by atoms with Crippen molar-refractivity contribution in [1.82, 2.24) is 10.3 Å². The predicted molar refractivity (Wildman–Crippen MR) is 193 cm³/mol. The Labute approximate surface area is 286 Å². The van der Waals surface area contributed by atoms with Crippen molar-refractivity contribution in [2.45, 2.75) is 84.2 Å². The molecule has 1 aliphatic carbocycles. The van der Waals surface area contributed by atoms with Crippen LogP contribution in [-0.2, 0) is 27.7 Å². The largest absolute Gasteiger partial charge is 0.444 e. The van der Waals surface area contributed by atoms with Gasteiger partial charge in [0.1, 0.15) is 17.2 Å². The van der Waals surface area contributed by atoms with Gasteiger partial charge in [0, 0.05) is 25.7 Å². The van der Waals surface area contributed by atoms with E-state index in [0.717, 1.165) is 28.4 Å². The number of carbonyl (C=O) groups excluding carboxylic acids is 2. The van der Waals surface area contributed by atoms with Crippen LogP contribution in [0.3, 0.4) is 0 Å². The fourth-order valence-corrected chi connectivity index (χ4v) is 6.44. The van der Waals surface area contributed by atoms with Gasteiger partial charge in [0.15, 0.2) is 5.78 Å². The fraction of sp³-hybridized carbons (Fsp3) is 0.447. The highest BCUT2D eigenvalue weighted by Crippen LogP contribution is 2.39. The minimum absolute atomic E-state index is 0.166. The van der Waals surface area contributed by atoms with Gasteiger partial charge in [-0.1, -0.05) is 73.7 Å². The highest BCUT2D eigenvalue weighted by atomic mass is 32.2. The zero-order valence-corrected chi connectivity index (χ0v) is 30.3. The van der Waals surface area contributed by atoms with Gasteiger partial charge in [0.2, 0.25) is 10.0 Å². The molecule has 1 aliphatic rings. The number of pyridine rings is 1. The number of alkyl carbamates (subject to hydrolysis) is 1. The standard InChI is InChI=1S/C38H50N4O5S/c1-27(2)48(45,46)41(8)34-22-31(23-35(39-34)42(26-32-21-28(32)3)25-30-17-13-10-14-18-30)33(43)19-20-38(7,24-29-15-11-9-12-16-29)40-36(44)47-37(4,5)6/h9-20,22-23,27-28,32H,21,24-26H2,1-8H3,(H,40,44)/t28?,32?,38-/m0/s1. The van der Waals surface area contributed by atoms with Gasteiger partial charge < -0.3 is 15.0 Å². The summed E-state index contributed by atoms with van der Waals surface area (Å²) in [6.07, 6.45) is 4.02. The van der Waals surface area contributed by atoms with Crippen LogP contribution in [0.2, 0.25) is 0 Å². The molecule has 10 heteroatoms. The SMILES string of the molecule is CC1CC1CN(Cc1ccccc1)c1cc(C(=O)C=C[C@@](C)(Cc2ccccc2)NC(=O)OC(C)(C)C)cc(N(C)S(=O)(=O)C(C)C)n1. The number of nitrogens with one attached hydrogen (secondary N) is 1. The van der Waals surface area contributed by atoms with Gasteiger partial charge in [-0.2, -0.15) is 0 Å². The minimum atomic E-state index is -3.73. The summed E-state index contributed by atoms with van der Waals surface area (Å²) in [5.74, 6) is 1.41. The number of benzene rings is 2. The molecule has 0 radical (unpaired) electrons. The van der Waals surface area contributed by atoms with Crippen LogP contribution in [0, 0.1) is 11.8 Å². The Morgan fingerprint density at radius 1 is 0.979 bits per heavy atom. The van der Waals surface area contributed by atoms with Crippen LogP contribution in [-0.4, -0.2) is 55.3 Å². The quantitative estimate of drug-likeness (QED) is 0.143. The first-order chi connectivity index (χ1) is 22.5. The van der Waals surface area contributed by atoms with Crippen LogP contribution >= 0.6 is 0 Å². The zero-order chi connectivity index (χ0) is 35.3. The second kappa shape index (κ2) is 14.9. The van der Waals surface area contributed by atoms with Crippen LogP contribution in [0.15, 0.2) is 84.9 Å². The van der Waals surface area contributed by atoms with Crippen molar-refractivity contribution in [2.24, 2.45) is 11.8 Å². The molecule has 2 aromatic carbocycles. The summed E-state index contributed by atoms with van der Waals surface area (Å²) in [6, 6.07) is 22.9. The van der Waals surface area contributed by atoms with E-state index >= 15 is 0 Å². The van der Waals surface area contributed by atoms with Crippen LogP contribution in [0.4, 0.5) is 16.4 Å². The Hall–Kier alpha value is -4.18. The first-order valence-corrected chi connectivity index (χ1v) is 18.0. The lowest BCUT2D eigenvalue weighted by atomic mass is 9.91. The molecule has 1 saturated carbocycles. The number of allylic oxidation sites excluding steroid dienone is 1. The molecule has 1 heterocycles. The number of hydrogen-bond donors (Lipinski definition) is 1. The first-order valence-electron chi connectivity index (χ1n) is 16.5. The maximum Gasteiger partial charge on any atom is 0.408 e. The Morgan fingerprint density at radius 3 is 2.08 bits per heavy atom. The summed E-state index contributed by atoms with van der Waals surface area (Å²) in [5.41, 5.74) is 0.662. The van der Waals surface area contributed by atoms with Gasteiger partial charge in [-0.15, -0.1) is 0 Å². The lowest BCUT2D eigenvalue weighted by Crippen LogP contribution is -2.48. The average molecular weight is 675 g/mol.